The van der Waals surface area contributed by atoms with E-state index in [9.17, 15) is 4.39 Å². The second-order valence-corrected chi connectivity index (χ2v) is 8.68. The fourth-order valence-corrected chi connectivity index (χ4v) is 4.25. The van der Waals surface area contributed by atoms with E-state index in [1.807, 2.05) is 6.07 Å². The van der Waals surface area contributed by atoms with Gasteiger partial charge in [0.2, 0.25) is 0 Å². The summed E-state index contributed by atoms with van der Waals surface area (Å²) in [6.07, 6.45) is 18.0. The molecule has 0 atom stereocenters. The van der Waals surface area contributed by atoms with E-state index in [-0.39, 0.29) is 5.82 Å². The summed E-state index contributed by atoms with van der Waals surface area (Å²) in [6.45, 7) is 5.22. The maximum absolute atomic E-state index is 14.4. The Kier molecular flexibility index (Phi) is 10.9. The highest BCUT2D eigenvalue weighted by Crippen LogP contribution is 2.36. The molecule has 1 aromatic rings. The van der Waals surface area contributed by atoms with E-state index in [1.165, 1.54) is 83.5 Å². The molecule has 1 nitrogen and oxygen atoms in total. The average Bonchev–Trinajstić information content (AvgIpc) is 2.68. The van der Waals surface area contributed by atoms with Gasteiger partial charge >= 0.3 is 0 Å². The minimum Gasteiger partial charge on any atom is -0.491 e. The van der Waals surface area contributed by atoms with Crippen molar-refractivity contribution in [2.45, 2.75) is 110 Å². The first-order chi connectivity index (χ1) is 13.2. The minimum absolute atomic E-state index is 0.182. The molecule has 154 valence electrons. The molecule has 0 saturated heterocycles. The number of halogens is 1. The topological polar surface area (TPSA) is 9.23 Å². The molecule has 1 fully saturated rings. The van der Waals surface area contributed by atoms with Gasteiger partial charge in [0.25, 0.3) is 0 Å². The minimum atomic E-state index is -0.182. The summed E-state index contributed by atoms with van der Waals surface area (Å²) in [5.74, 6) is 1.61. The molecule has 0 aromatic heterocycles. The molecule has 0 amide bonds. The van der Waals surface area contributed by atoms with Crippen LogP contribution in [0.15, 0.2) is 18.2 Å². The van der Waals surface area contributed by atoms with E-state index >= 15 is 0 Å². The predicted octanol–water partition coefficient (Wildman–Crippen LogP) is 8.42. The number of ether oxygens (including phenoxy) is 1. The van der Waals surface area contributed by atoms with E-state index in [0.29, 0.717) is 18.3 Å². The van der Waals surface area contributed by atoms with Crippen LogP contribution in [0.25, 0.3) is 0 Å². The lowest BCUT2D eigenvalue weighted by atomic mass is 9.79. The highest BCUT2D eigenvalue weighted by atomic mass is 19.1. The van der Waals surface area contributed by atoms with Gasteiger partial charge in [0, 0.05) is 0 Å². The van der Waals surface area contributed by atoms with E-state index in [2.05, 4.69) is 19.9 Å². The van der Waals surface area contributed by atoms with Gasteiger partial charge in [0.05, 0.1) is 6.61 Å². The van der Waals surface area contributed by atoms with Crippen molar-refractivity contribution in [2.75, 3.05) is 6.61 Å². The first-order valence-corrected chi connectivity index (χ1v) is 11.6. The van der Waals surface area contributed by atoms with Gasteiger partial charge in [-0.25, -0.2) is 4.39 Å². The van der Waals surface area contributed by atoms with Crippen molar-refractivity contribution in [1.82, 2.24) is 0 Å². The third kappa shape index (κ3) is 8.66. The quantitative estimate of drug-likeness (QED) is 0.314. The van der Waals surface area contributed by atoms with E-state index in [0.717, 1.165) is 17.9 Å². The Labute approximate surface area is 167 Å². The van der Waals surface area contributed by atoms with Crippen LogP contribution in [-0.2, 0) is 0 Å². The van der Waals surface area contributed by atoms with Gasteiger partial charge < -0.3 is 4.74 Å². The van der Waals surface area contributed by atoms with Gasteiger partial charge in [-0.1, -0.05) is 90.5 Å². The summed E-state index contributed by atoms with van der Waals surface area (Å²) in [4.78, 5) is 0. The SMILES string of the molecule is CCCCCCCCCCCCOc1ccc(C2CCC(C)CC2)cc1F. The molecule has 1 aliphatic carbocycles. The Bertz CT molecular complexity index is 505. The first kappa shape index (κ1) is 22.2. The van der Waals surface area contributed by atoms with Gasteiger partial charge in [-0.3, -0.25) is 0 Å². The standard InChI is InChI=1S/C25H41FO/c1-3-4-5-6-7-8-9-10-11-12-19-27-25-18-17-23(20-24(25)26)22-15-13-21(2)14-16-22/h17-18,20-22H,3-16,19H2,1-2H3. The van der Waals surface area contributed by atoms with Crippen molar-refractivity contribution in [3.05, 3.63) is 29.6 Å². The second kappa shape index (κ2) is 13.2. The number of rotatable bonds is 13. The molecule has 0 aliphatic heterocycles. The summed E-state index contributed by atoms with van der Waals surface area (Å²) in [5.41, 5.74) is 1.16. The maximum Gasteiger partial charge on any atom is 0.165 e. The monoisotopic (exact) mass is 376 g/mol. The normalized spacial score (nSPS) is 20.0. The predicted molar refractivity (Wildman–Crippen MR) is 114 cm³/mol. The van der Waals surface area contributed by atoms with E-state index in [4.69, 9.17) is 4.74 Å². The van der Waals surface area contributed by atoms with Crippen LogP contribution in [0.5, 0.6) is 5.75 Å². The lowest BCUT2D eigenvalue weighted by Crippen LogP contribution is -2.11. The zero-order chi connectivity index (χ0) is 19.3. The Morgan fingerprint density at radius 3 is 2.04 bits per heavy atom. The van der Waals surface area contributed by atoms with Crippen molar-refractivity contribution in [1.29, 1.82) is 0 Å². The molecule has 0 unspecified atom stereocenters. The van der Waals surface area contributed by atoms with Gasteiger partial charge in [-0.15, -0.1) is 0 Å². The molecule has 1 aromatic carbocycles. The maximum atomic E-state index is 14.4. The van der Waals surface area contributed by atoms with Crippen LogP contribution < -0.4 is 4.74 Å². The third-order valence-corrected chi connectivity index (χ3v) is 6.20. The number of unbranched alkanes of at least 4 members (excludes halogenated alkanes) is 9. The molecular formula is C25H41FO. The number of benzene rings is 1. The van der Waals surface area contributed by atoms with Gasteiger partial charge in [0.1, 0.15) is 0 Å². The second-order valence-electron chi connectivity index (χ2n) is 8.68. The van der Waals surface area contributed by atoms with Crippen molar-refractivity contribution >= 4 is 0 Å². The van der Waals surface area contributed by atoms with Gasteiger partial charge in [0.15, 0.2) is 11.6 Å². The molecule has 0 N–H and O–H groups in total. The highest BCUT2D eigenvalue weighted by molar-refractivity contribution is 5.31. The molecule has 0 heterocycles. The van der Waals surface area contributed by atoms with Crippen molar-refractivity contribution in [2.24, 2.45) is 5.92 Å². The number of hydrogen-bond acceptors (Lipinski definition) is 1. The Morgan fingerprint density at radius 2 is 1.44 bits per heavy atom. The van der Waals surface area contributed by atoms with Crippen LogP contribution in [0.4, 0.5) is 4.39 Å². The molecule has 1 saturated carbocycles. The van der Waals surface area contributed by atoms with E-state index < -0.39 is 0 Å². The lowest BCUT2D eigenvalue weighted by molar-refractivity contribution is 0.289. The largest absolute Gasteiger partial charge is 0.491 e. The Hall–Kier alpha value is -1.05. The van der Waals surface area contributed by atoms with Gasteiger partial charge in [-0.05, 0) is 48.8 Å². The summed E-state index contributed by atoms with van der Waals surface area (Å²) in [7, 11) is 0. The molecule has 0 radical (unpaired) electrons. The first-order valence-electron chi connectivity index (χ1n) is 11.6. The molecular weight excluding hydrogens is 335 g/mol. The molecule has 0 bridgehead atoms. The smallest absolute Gasteiger partial charge is 0.165 e. The fraction of sp³-hybridized carbons (Fsp3) is 0.760. The lowest BCUT2D eigenvalue weighted by Gasteiger charge is -2.26. The molecule has 0 spiro atoms. The van der Waals surface area contributed by atoms with E-state index in [1.54, 1.807) is 6.07 Å². The van der Waals surface area contributed by atoms with Crippen LogP contribution in [0.3, 0.4) is 0 Å². The zero-order valence-corrected chi connectivity index (χ0v) is 17.8. The van der Waals surface area contributed by atoms with Crippen LogP contribution in [0.1, 0.15) is 115 Å². The Morgan fingerprint density at radius 1 is 0.852 bits per heavy atom. The fourth-order valence-electron chi connectivity index (χ4n) is 4.25. The Balaban J connectivity index is 1.56. The molecule has 1 aliphatic rings. The summed E-state index contributed by atoms with van der Waals surface area (Å²) in [6, 6.07) is 5.64. The molecule has 27 heavy (non-hydrogen) atoms. The average molecular weight is 377 g/mol. The summed E-state index contributed by atoms with van der Waals surface area (Å²) in [5, 5.41) is 0. The zero-order valence-electron chi connectivity index (χ0n) is 17.8. The van der Waals surface area contributed by atoms with Gasteiger partial charge in [-0.2, -0.15) is 0 Å². The highest BCUT2D eigenvalue weighted by Gasteiger charge is 2.20. The number of hydrogen-bond donors (Lipinski definition) is 0. The van der Waals surface area contributed by atoms with Crippen LogP contribution >= 0.6 is 0 Å². The van der Waals surface area contributed by atoms with Crippen LogP contribution in [-0.4, -0.2) is 6.61 Å². The summed E-state index contributed by atoms with van der Waals surface area (Å²) < 4.78 is 20.1. The van der Waals surface area contributed by atoms with Crippen molar-refractivity contribution < 1.29 is 9.13 Å². The van der Waals surface area contributed by atoms with Crippen molar-refractivity contribution in [3.8, 4) is 5.75 Å². The van der Waals surface area contributed by atoms with Crippen LogP contribution in [0, 0.1) is 11.7 Å². The van der Waals surface area contributed by atoms with Crippen molar-refractivity contribution in [3.63, 3.8) is 0 Å². The third-order valence-electron chi connectivity index (χ3n) is 6.20. The molecule has 2 rings (SSSR count). The molecule has 2 heteroatoms. The van der Waals surface area contributed by atoms with Crippen LogP contribution in [0.2, 0.25) is 0 Å². The summed E-state index contributed by atoms with van der Waals surface area (Å²) >= 11 is 0.